The van der Waals surface area contributed by atoms with Crippen LogP contribution in [0.5, 0.6) is 0 Å². The van der Waals surface area contributed by atoms with Crippen LogP contribution in [0.1, 0.15) is 78.1 Å². The lowest BCUT2D eigenvalue weighted by Crippen LogP contribution is -2.69. The largest absolute Gasteiger partial charge is 0.481 e. The van der Waals surface area contributed by atoms with Gasteiger partial charge in [0.25, 0.3) is 0 Å². The SMILES string of the molecule is CC1(C)C2CCC(C/C=C/CCCC(=O)O)C1C2NC(=O)C(O)C1CCCC1. The lowest BCUT2D eigenvalue weighted by molar-refractivity contribution is -0.158. The van der Waals surface area contributed by atoms with Crippen LogP contribution in [-0.4, -0.2) is 34.2 Å². The van der Waals surface area contributed by atoms with Crippen LogP contribution in [0.25, 0.3) is 0 Å². The minimum atomic E-state index is -0.848. The molecule has 0 aliphatic heterocycles. The minimum Gasteiger partial charge on any atom is -0.481 e. The highest BCUT2D eigenvalue weighted by Crippen LogP contribution is 2.62. The number of fused-ring (bicyclic) bond motifs is 2. The van der Waals surface area contributed by atoms with Crippen LogP contribution in [-0.2, 0) is 9.59 Å². The molecule has 158 valence electrons. The van der Waals surface area contributed by atoms with Crippen molar-refractivity contribution in [2.75, 3.05) is 0 Å². The zero-order valence-electron chi connectivity index (χ0n) is 17.4. The third kappa shape index (κ3) is 4.45. The van der Waals surface area contributed by atoms with E-state index in [1.54, 1.807) is 0 Å². The number of carbonyl (C=O) groups is 2. The Balaban J connectivity index is 1.53. The highest BCUT2D eigenvalue weighted by molar-refractivity contribution is 5.81. The summed E-state index contributed by atoms with van der Waals surface area (Å²) in [5, 5.41) is 22.4. The Kier molecular flexibility index (Phi) is 6.85. The molecule has 5 unspecified atom stereocenters. The van der Waals surface area contributed by atoms with Crippen LogP contribution in [0.2, 0.25) is 0 Å². The monoisotopic (exact) mass is 391 g/mol. The van der Waals surface area contributed by atoms with Gasteiger partial charge in [-0.1, -0.05) is 38.8 Å². The topological polar surface area (TPSA) is 86.6 Å². The molecule has 3 aliphatic rings. The summed E-state index contributed by atoms with van der Waals surface area (Å²) in [6.45, 7) is 4.64. The average molecular weight is 392 g/mol. The molecule has 0 radical (unpaired) electrons. The maximum absolute atomic E-state index is 12.6. The van der Waals surface area contributed by atoms with Gasteiger partial charge in [-0.3, -0.25) is 9.59 Å². The summed E-state index contributed by atoms with van der Waals surface area (Å²) < 4.78 is 0. The van der Waals surface area contributed by atoms with E-state index in [4.69, 9.17) is 5.11 Å². The second-order valence-electron chi connectivity index (χ2n) is 9.81. The number of aliphatic carboxylic acids is 1. The number of unbranched alkanes of at least 4 members (excludes halogenated alkanes) is 1. The van der Waals surface area contributed by atoms with Gasteiger partial charge in [0.15, 0.2) is 0 Å². The second-order valence-corrected chi connectivity index (χ2v) is 9.81. The molecule has 28 heavy (non-hydrogen) atoms. The first-order valence-corrected chi connectivity index (χ1v) is 11.2. The van der Waals surface area contributed by atoms with Crippen LogP contribution in [0.15, 0.2) is 12.2 Å². The van der Waals surface area contributed by atoms with Crippen LogP contribution < -0.4 is 5.32 Å². The van der Waals surface area contributed by atoms with Gasteiger partial charge in [0.1, 0.15) is 6.10 Å². The highest BCUT2D eigenvalue weighted by Gasteiger charge is 2.61. The minimum absolute atomic E-state index is 0.137. The van der Waals surface area contributed by atoms with Crippen molar-refractivity contribution in [3.8, 4) is 0 Å². The molecule has 0 aromatic carbocycles. The van der Waals surface area contributed by atoms with Crippen LogP contribution >= 0.6 is 0 Å². The third-order valence-electron chi connectivity index (χ3n) is 7.78. The van der Waals surface area contributed by atoms with Crippen molar-refractivity contribution < 1.29 is 19.8 Å². The molecule has 3 aliphatic carbocycles. The summed E-state index contributed by atoms with van der Waals surface area (Å²) >= 11 is 0. The van der Waals surface area contributed by atoms with E-state index in [-0.39, 0.29) is 29.7 Å². The summed E-state index contributed by atoms with van der Waals surface area (Å²) in [6.07, 6.45) is 12.7. The van der Waals surface area contributed by atoms with Crippen LogP contribution in [0.4, 0.5) is 0 Å². The molecule has 3 rings (SSSR count). The van der Waals surface area contributed by atoms with Gasteiger partial charge in [-0.15, -0.1) is 0 Å². The van der Waals surface area contributed by atoms with Crippen molar-refractivity contribution in [2.45, 2.75) is 90.2 Å². The summed E-state index contributed by atoms with van der Waals surface area (Å²) in [7, 11) is 0. The number of aliphatic hydroxyl groups excluding tert-OH is 1. The summed E-state index contributed by atoms with van der Waals surface area (Å²) in [5.74, 6) is 0.748. The Hall–Kier alpha value is -1.36. The van der Waals surface area contributed by atoms with Crippen LogP contribution in [0, 0.1) is 29.1 Å². The number of hydrogen-bond donors (Lipinski definition) is 3. The molecule has 0 aromatic rings. The number of amides is 1. The number of nitrogens with one attached hydrogen (secondary N) is 1. The molecule has 2 bridgehead atoms. The first kappa shape index (κ1) is 21.4. The zero-order chi connectivity index (χ0) is 20.3. The molecule has 3 fully saturated rings. The molecule has 5 heteroatoms. The maximum Gasteiger partial charge on any atom is 0.303 e. The summed E-state index contributed by atoms with van der Waals surface area (Å²) in [6, 6.07) is 0.192. The third-order valence-corrected chi connectivity index (χ3v) is 7.78. The van der Waals surface area contributed by atoms with Crippen molar-refractivity contribution in [1.82, 2.24) is 5.32 Å². The van der Waals surface area contributed by atoms with Crippen molar-refractivity contribution in [3.05, 3.63) is 12.2 Å². The Morgan fingerprint density at radius 1 is 1.14 bits per heavy atom. The fraction of sp³-hybridized carbons (Fsp3) is 0.826. The fourth-order valence-corrected chi connectivity index (χ4v) is 6.28. The van der Waals surface area contributed by atoms with Crippen LogP contribution in [0.3, 0.4) is 0 Å². The smallest absolute Gasteiger partial charge is 0.303 e. The van der Waals surface area contributed by atoms with Gasteiger partial charge < -0.3 is 15.5 Å². The molecule has 3 saturated carbocycles. The van der Waals surface area contributed by atoms with Crippen molar-refractivity contribution >= 4 is 11.9 Å². The van der Waals surface area contributed by atoms with Gasteiger partial charge in [0.2, 0.25) is 5.91 Å². The predicted octanol–water partition coefficient (Wildman–Crippen LogP) is 3.91. The van der Waals surface area contributed by atoms with Gasteiger partial charge in [-0.2, -0.15) is 0 Å². The van der Waals surface area contributed by atoms with Crippen molar-refractivity contribution in [3.63, 3.8) is 0 Å². The molecule has 3 N–H and O–H groups in total. The number of aliphatic hydroxyl groups is 1. The summed E-state index contributed by atoms with van der Waals surface area (Å²) in [5.41, 5.74) is 0.232. The van der Waals surface area contributed by atoms with E-state index in [1.165, 1.54) is 6.42 Å². The Bertz CT molecular complexity index is 593. The molecular formula is C23H37NO4. The lowest BCUT2D eigenvalue weighted by atomic mass is 9.42. The summed E-state index contributed by atoms with van der Waals surface area (Å²) in [4.78, 5) is 23.2. The van der Waals surface area contributed by atoms with E-state index in [9.17, 15) is 14.7 Å². The molecule has 0 aromatic heterocycles. The molecule has 5 atom stereocenters. The van der Waals surface area contributed by atoms with E-state index < -0.39 is 12.1 Å². The molecular weight excluding hydrogens is 354 g/mol. The lowest BCUT2D eigenvalue weighted by Gasteiger charge is -2.65. The molecule has 0 saturated heterocycles. The highest BCUT2D eigenvalue weighted by atomic mass is 16.4. The first-order valence-electron chi connectivity index (χ1n) is 11.2. The molecule has 5 nitrogen and oxygen atoms in total. The zero-order valence-corrected chi connectivity index (χ0v) is 17.4. The number of rotatable bonds is 9. The molecule has 0 spiro atoms. The molecule has 1 amide bonds. The quantitative estimate of drug-likeness (QED) is 0.411. The van der Waals surface area contributed by atoms with Gasteiger partial charge in [0, 0.05) is 12.5 Å². The fourth-order valence-electron chi connectivity index (χ4n) is 6.28. The van der Waals surface area contributed by atoms with Gasteiger partial charge in [0.05, 0.1) is 0 Å². The van der Waals surface area contributed by atoms with Gasteiger partial charge in [-0.05, 0) is 74.0 Å². The standard InChI is InChI=1S/C23H37NO4/c1-23(2)17-14-13-15(9-5-3-4-6-12-18(25)26)19(23)20(17)24-22(28)21(27)16-10-7-8-11-16/h3,5,15-17,19-21,27H,4,6-14H2,1-2H3,(H,24,28)(H,25,26)/b5-3+. The normalized spacial score (nSPS) is 32.8. The van der Waals surface area contributed by atoms with E-state index >= 15 is 0 Å². The van der Waals surface area contributed by atoms with E-state index in [2.05, 4.69) is 31.3 Å². The second kappa shape index (κ2) is 8.98. The van der Waals surface area contributed by atoms with E-state index in [0.717, 1.165) is 44.9 Å². The number of carboxylic acid groups (broad SMARTS) is 1. The maximum atomic E-state index is 12.6. The first-order chi connectivity index (χ1) is 13.3. The van der Waals surface area contributed by atoms with Crippen molar-refractivity contribution in [1.29, 1.82) is 0 Å². The number of carbonyl (C=O) groups excluding carboxylic acids is 1. The van der Waals surface area contributed by atoms with Gasteiger partial charge in [-0.25, -0.2) is 0 Å². The van der Waals surface area contributed by atoms with E-state index in [1.807, 2.05) is 0 Å². The number of carboxylic acids is 1. The molecule has 0 heterocycles. The number of allylic oxidation sites excluding steroid dienone is 2. The predicted molar refractivity (Wildman–Crippen MR) is 109 cm³/mol. The Morgan fingerprint density at radius 3 is 2.50 bits per heavy atom. The Morgan fingerprint density at radius 2 is 1.86 bits per heavy atom. The number of hydrogen-bond acceptors (Lipinski definition) is 3. The Labute approximate surface area is 169 Å². The van der Waals surface area contributed by atoms with Gasteiger partial charge >= 0.3 is 5.97 Å². The van der Waals surface area contributed by atoms with E-state index in [0.29, 0.717) is 24.2 Å². The average Bonchev–Trinajstić information content (AvgIpc) is 3.18. The van der Waals surface area contributed by atoms with Crippen molar-refractivity contribution in [2.24, 2.45) is 29.1 Å².